The molecule has 1 rings (SSSR count). The highest BCUT2D eigenvalue weighted by atomic mass is 16.4. The van der Waals surface area contributed by atoms with Crippen molar-refractivity contribution in [3.05, 3.63) is 35.9 Å². The first-order valence-electron chi connectivity index (χ1n) is 6.06. The number of aliphatic hydroxyl groups excluding tert-OH is 1. The molecule has 0 unspecified atom stereocenters. The molecule has 0 aliphatic rings. The number of carbonyl (C=O) groups is 1. The van der Waals surface area contributed by atoms with Crippen LogP contribution in [0.3, 0.4) is 0 Å². The van der Waals surface area contributed by atoms with Gasteiger partial charge in [-0.2, -0.15) is 0 Å². The molecular weight excluding hydrogens is 230 g/mol. The Labute approximate surface area is 108 Å². The number of nitrogens with zero attached hydrogens (tertiary/aromatic N) is 1. The number of hydrogen-bond acceptors (Lipinski definition) is 2. The summed E-state index contributed by atoms with van der Waals surface area (Å²) in [5.41, 5.74) is 0.360. The van der Waals surface area contributed by atoms with E-state index in [4.69, 9.17) is 5.11 Å². The molecule has 0 saturated carbocycles. The molecule has 1 atom stereocenters. The predicted octanol–water partition coefficient (Wildman–Crippen LogP) is 2.89. The van der Waals surface area contributed by atoms with E-state index in [1.165, 1.54) is 4.90 Å². The maximum Gasteiger partial charge on any atom is 0.407 e. The fourth-order valence-electron chi connectivity index (χ4n) is 1.81. The first kappa shape index (κ1) is 14.5. The molecule has 0 saturated heterocycles. The first-order valence-corrected chi connectivity index (χ1v) is 6.06. The first-order chi connectivity index (χ1) is 8.32. The van der Waals surface area contributed by atoms with Gasteiger partial charge in [0.15, 0.2) is 0 Å². The van der Waals surface area contributed by atoms with Crippen LogP contribution in [-0.2, 0) is 0 Å². The second-order valence-electron chi connectivity index (χ2n) is 5.32. The molecule has 4 nitrogen and oxygen atoms in total. The van der Waals surface area contributed by atoms with Gasteiger partial charge in [-0.25, -0.2) is 4.79 Å². The Balaban J connectivity index is 2.61. The zero-order chi connectivity index (χ0) is 13.8. The zero-order valence-electron chi connectivity index (χ0n) is 11.1. The van der Waals surface area contributed by atoms with Crippen molar-refractivity contribution in [1.29, 1.82) is 0 Å². The minimum atomic E-state index is -0.956. The second-order valence-corrected chi connectivity index (χ2v) is 5.32. The highest BCUT2D eigenvalue weighted by Gasteiger charge is 2.26. The van der Waals surface area contributed by atoms with Crippen LogP contribution < -0.4 is 0 Å². The molecular formula is C14H21NO3. The standard InChI is InChI=1S/C14H21NO3/c1-14(2,3)15(13(17)18)10-9-12(16)11-7-5-4-6-8-11/h4-8,12,16H,9-10H2,1-3H3,(H,17,18)/t12-/m1/s1. The van der Waals surface area contributed by atoms with E-state index in [2.05, 4.69) is 0 Å². The maximum atomic E-state index is 11.1. The summed E-state index contributed by atoms with van der Waals surface area (Å²) in [6, 6.07) is 9.28. The normalized spacial score (nSPS) is 13.1. The van der Waals surface area contributed by atoms with Gasteiger partial charge in [0.25, 0.3) is 0 Å². The van der Waals surface area contributed by atoms with Gasteiger partial charge in [-0.05, 0) is 32.8 Å². The van der Waals surface area contributed by atoms with Gasteiger partial charge in [-0.3, -0.25) is 0 Å². The molecule has 0 bridgehead atoms. The number of amides is 1. The minimum Gasteiger partial charge on any atom is -0.465 e. The Kier molecular flexibility index (Phi) is 4.73. The SMILES string of the molecule is CC(C)(C)N(CC[C@@H](O)c1ccccc1)C(=O)O. The Bertz CT molecular complexity index is 384. The third kappa shape index (κ3) is 4.04. The lowest BCUT2D eigenvalue weighted by atomic mass is 10.0. The van der Waals surface area contributed by atoms with E-state index < -0.39 is 17.7 Å². The smallest absolute Gasteiger partial charge is 0.407 e. The molecule has 4 heteroatoms. The van der Waals surface area contributed by atoms with Gasteiger partial charge in [0.2, 0.25) is 0 Å². The van der Waals surface area contributed by atoms with E-state index >= 15 is 0 Å². The molecule has 1 aromatic carbocycles. The Morgan fingerprint density at radius 2 is 1.83 bits per heavy atom. The summed E-state index contributed by atoms with van der Waals surface area (Å²) >= 11 is 0. The van der Waals surface area contributed by atoms with Gasteiger partial charge in [-0.1, -0.05) is 30.3 Å². The van der Waals surface area contributed by atoms with Gasteiger partial charge < -0.3 is 15.1 Å². The lowest BCUT2D eigenvalue weighted by molar-refractivity contribution is 0.0821. The third-order valence-electron chi connectivity index (χ3n) is 2.85. The summed E-state index contributed by atoms with van der Waals surface area (Å²) in [6.45, 7) is 5.84. The van der Waals surface area contributed by atoms with Crippen LogP contribution in [0.5, 0.6) is 0 Å². The molecule has 0 fully saturated rings. The Morgan fingerprint density at radius 3 is 2.28 bits per heavy atom. The summed E-state index contributed by atoms with van der Waals surface area (Å²) in [7, 11) is 0. The molecule has 0 aromatic heterocycles. The average molecular weight is 251 g/mol. The van der Waals surface area contributed by atoms with Crippen LogP contribution in [0.25, 0.3) is 0 Å². The molecule has 1 amide bonds. The van der Waals surface area contributed by atoms with E-state index in [0.29, 0.717) is 13.0 Å². The molecule has 100 valence electrons. The minimum absolute atomic E-state index is 0.314. The summed E-state index contributed by atoms with van der Waals surface area (Å²) in [6.07, 6.45) is -1.19. The average Bonchev–Trinajstić information content (AvgIpc) is 2.28. The van der Waals surface area contributed by atoms with Gasteiger partial charge in [0.1, 0.15) is 0 Å². The predicted molar refractivity (Wildman–Crippen MR) is 70.5 cm³/mol. The summed E-state index contributed by atoms with van der Waals surface area (Å²) in [5, 5.41) is 19.1. The zero-order valence-corrected chi connectivity index (χ0v) is 11.1. The number of aliphatic hydroxyl groups is 1. The summed E-state index contributed by atoms with van der Waals surface area (Å²) < 4.78 is 0. The van der Waals surface area contributed by atoms with Gasteiger partial charge >= 0.3 is 6.09 Å². The molecule has 0 aliphatic carbocycles. The fourth-order valence-corrected chi connectivity index (χ4v) is 1.81. The van der Waals surface area contributed by atoms with Crippen LogP contribution in [0, 0.1) is 0 Å². The van der Waals surface area contributed by atoms with Crippen molar-refractivity contribution in [2.24, 2.45) is 0 Å². The van der Waals surface area contributed by atoms with Crippen molar-refractivity contribution < 1.29 is 15.0 Å². The number of carboxylic acid groups (broad SMARTS) is 1. The van der Waals surface area contributed by atoms with Gasteiger partial charge in [0.05, 0.1) is 6.10 Å². The maximum absolute atomic E-state index is 11.1. The van der Waals surface area contributed by atoms with E-state index in [1.807, 2.05) is 51.1 Å². The van der Waals surface area contributed by atoms with Crippen LogP contribution in [0.15, 0.2) is 30.3 Å². The topological polar surface area (TPSA) is 60.8 Å². The third-order valence-corrected chi connectivity index (χ3v) is 2.85. The van der Waals surface area contributed by atoms with Crippen molar-refractivity contribution in [3.8, 4) is 0 Å². The molecule has 0 aliphatic heterocycles. The van der Waals surface area contributed by atoms with Crippen molar-refractivity contribution in [2.45, 2.75) is 38.8 Å². The van der Waals surface area contributed by atoms with Crippen LogP contribution in [0.2, 0.25) is 0 Å². The largest absolute Gasteiger partial charge is 0.465 e. The van der Waals surface area contributed by atoms with E-state index in [0.717, 1.165) is 5.56 Å². The molecule has 0 heterocycles. The highest BCUT2D eigenvalue weighted by Crippen LogP contribution is 2.20. The Hall–Kier alpha value is -1.55. The summed E-state index contributed by atoms with van der Waals surface area (Å²) in [4.78, 5) is 12.5. The second kappa shape index (κ2) is 5.87. The molecule has 0 spiro atoms. The van der Waals surface area contributed by atoms with Crippen LogP contribution >= 0.6 is 0 Å². The van der Waals surface area contributed by atoms with Crippen molar-refractivity contribution in [3.63, 3.8) is 0 Å². The molecule has 18 heavy (non-hydrogen) atoms. The van der Waals surface area contributed by atoms with E-state index in [9.17, 15) is 9.90 Å². The monoisotopic (exact) mass is 251 g/mol. The number of hydrogen-bond donors (Lipinski definition) is 2. The van der Waals surface area contributed by atoms with Gasteiger partial charge in [0, 0.05) is 12.1 Å². The quantitative estimate of drug-likeness (QED) is 0.865. The molecule has 2 N–H and O–H groups in total. The highest BCUT2D eigenvalue weighted by molar-refractivity contribution is 5.65. The van der Waals surface area contributed by atoms with Crippen molar-refractivity contribution in [1.82, 2.24) is 4.90 Å². The van der Waals surface area contributed by atoms with Crippen LogP contribution in [-0.4, -0.2) is 33.3 Å². The molecule has 0 radical (unpaired) electrons. The van der Waals surface area contributed by atoms with Crippen LogP contribution in [0.4, 0.5) is 4.79 Å². The summed E-state index contributed by atoms with van der Waals surface area (Å²) in [5.74, 6) is 0. The van der Waals surface area contributed by atoms with Crippen molar-refractivity contribution >= 4 is 6.09 Å². The number of benzene rings is 1. The Morgan fingerprint density at radius 1 is 1.28 bits per heavy atom. The van der Waals surface area contributed by atoms with E-state index in [-0.39, 0.29) is 0 Å². The van der Waals surface area contributed by atoms with Crippen LogP contribution in [0.1, 0.15) is 38.9 Å². The lowest BCUT2D eigenvalue weighted by Crippen LogP contribution is -2.45. The lowest BCUT2D eigenvalue weighted by Gasteiger charge is -2.33. The van der Waals surface area contributed by atoms with Crippen molar-refractivity contribution in [2.75, 3.05) is 6.54 Å². The number of rotatable bonds is 4. The molecule has 1 aromatic rings. The van der Waals surface area contributed by atoms with E-state index in [1.54, 1.807) is 0 Å². The van der Waals surface area contributed by atoms with Gasteiger partial charge in [-0.15, -0.1) is 0 Å². The fraction of sp³-hybridized carbons (Fsp3) is 0.500.